The van der Waals surface area contributed by atoms with E-state index in [4.69, 9.17) is 4.74 Å². The lowest BCUT2D eigenvalue weighted by atomic mass is 10.2. The Balaban J connectivity index is 1.87. The first-order chi connectivity index (χ1) is 6.75. The second kappa shape index (κ2) is 4.00. The van der Waals surface area contributed by atoms with E-state index >= 15 is 0 Å². The molecule has 1 saturated heterocycles. The first-order valence-corrected chi connectivity index (χ1v) is 5.11. The molecule has 1 unspecified atom stereocenters. The van der Waals surface area contributed by atoms with Crippen molar-refractivity contribution in [1.29, 1.82) is 0 Å². The zero-order valence-corrected chi connectivity index (χ0v) is 8.79. The molecule has 2 heterocycles. The van der Waals surface area contributed by atoms with Crippen molar-refractivity contribution in [2.45, 2.75) is 25.9 Å². The third-order valence-electron chi connectivity index (χ3n) is 2.56. The fourth-order valence-corrected chi connectivity index (χ4v) is 1.80. The number of nitrogens with zero attached hydrogens (tertiary/aromatic N) is 2. The van der Waals surface area contributed by atoms with Crippen LogP contribution in [0.1, 0.15) is 18.5 Å². The van der Waals surface area contributed by atoms with Gasteiger partial charge in [0.05, 0.1) is 17.5 Å². The van der Waals surface area contributed by atoms with Gasteiger partial charge in [0, 0.05) is 26.4 Å². The number of hydrogen-bond donors (Lipinski definition) is 1. The minimum Gasteiger partial charge on any atom is -0.380 e. The largest absolute Gasteiger partial charge is 0.380 e. The highest BCUT2D eigenvalue weighted by Crippen LogP contribution is 2.15. The number of anilines is 1. The van der Waals surface area contributed by atoms with Crippen LogP contribution < -0.4 is 5.32 Å². The van der Waals surface area contributed by atoms with E-state index in [2.05, 4.69) is 10.4 Å². The van der Waals surface area contributed by atoms with E-state index in [0.29, 0.717) is 6.10 Å². The number of aromatic nitrogens is 2. The van der Waals surface area contributed by atoms with Gasteiger partial charge >= 0.3 is 0 Å². The molecular weight excluding hydrogens is 178 g/mol. The number of hydrogen-bond acceptors (Lipinski definition) is 3. The summed E-state index contributed by atoms with van der Waals surface area (Å²) < 4.78 is 7.36. The van der Waals surface area contributed by atoms with E-state index in [1.807, 2.05) is 24.9 Å². The summed E-state index contributed by atoms with van der Waals surface area (Å²) in [6.45, 7) is 3.82. The zero-order chi connectivity index (χ0) is 9.97. The molecule has 0 aliphatic carbocycles. The number of aryl methyl sites for hydroxylation is 2. The molecule has 4 heteroatoms. The molecule has 1 aromatic heterocycles. The van der Waals surface area contributed by atoms with Gasteiger partial charge in [0.25, 0.3) is 0 Å². The Bertz CT molecular complexity index is 302. The topological polar surface area (TPSA) is 39.1 Å². The first kappa shape index (κ1) is 9.52. The molecule has 1 atom stereocenters. The van der Waals surface area contributed by atoms with Gasteiger partial charge in [-0.1, -0.05) is 0 Å². The molecule has 0 aromatic carbocycles. The van der Waals surface area contributed by atoms with Gasteiger partial charge < -0.3 is 10.1 Å². The van der Waals surface area contributed by atoms with Crippen molar-refractivity contribution in [1.82, 2.24) is 9.78 Å². The average Bonchev–Trinajstić information content (AvgIpc) is 2.72. The minimum absolute atomic E-state index is 0.384. The Hall–Kier alpha value is -1.03. The normalized spacial score (nSPS) is 21.4. The third-order valence-corrected chi connectivity index (χ3v) is 2.56. The fourth-order valence-electron chi connectivity index (χ4n) is 1.80. The predicted octanol–water partition coefficient (Wildman–Crippen LogP) is 1.32. The molecule has 0 bridgehead atoms. The van der Waals surface area contributed by atoms with Crippen LogP contribution >= 0.6 is 0 Å². The van der Waals surface area contributed by atoms with E-state index in [1.165, 1.54) is 12.8 Å². The van der Waals surface area contributed by atoms with Crippen LogP contribution in [0.5, 0.6) is 0 Å². The van der Waals surface area contributed by atoms with Gasteiger partial charge in [0.15, 0.2) is 0 Å². The van der Waals surface area contributed by atoms with Crippen LogP contribution in [0.4, 0.5) is 5.69 Å². The van der Waals surface area contributed by atoms with Crippen molar-refractivity contribution in [3.8, 4) is 0 Å². The molecule has 2 rings (SSSR count). The van der Waals surface area contributed by atoms with Crippen molar-refractivity contribution >= 4 is 5.69 Å². The van der Waals surface area contributed by atoms with Crippen LogP contribution in [0.3, 0.4) is 0 Å². The average molecular weight is 195 g/mol. The highest BCUT2D eigenvalue weighted by atomic mass is 16.5. The highest BCUT2D eigenvalue weighted by molar-refractivity contribution is 5.45. The summed E-state index contributed by atoms with van der Waals surface area (Å²) in [7, 11) is 1.93. The summed E-state index contributed by atoms with van der Waals surface area (Å²) in [4.78, 5) is 0. The summed E-state index contributed by atoms with van der Waals surface area (Å²) in [6, 6.07) is 0. The van der Waals surface area contributed by atoms with Crippen LogP contribution in [-0.4, -0.2) is 29.0 Å². The molecule has 0 amide bonds. The lowest BCUT2D eigenvalue weighted by Crippen LogP contribution is -2.18. The maximum absolute atomic E-state index is 5.53. The maximum atomic E-state index is 5.53. The van der Waals surface area contributed by atoms with Crippen molar-refractivity contribution < 1.29 is 4.74 Å². The summed E-state index contributed by atoms with van der Waals surface area (Å²) in [5, 5.41) is 7.64. The fraction of sp³-hybridized carbons (Fsp3) is 0.700. The van der Waals surface area contributed by atoms with Crippen LogP contribution in [0.25, 0.3) is 0 Å². The first-order valence-electron chi connectivity index (χ1n) is 5.11. The molecule has 78 valence electrons. The zero-order valence-electron chi connectivity index (χ0n) is 8.79. The minimum atomic E-state index is 0.384. The van der Waals surface area contributed by atoms with Crippen LogP contribution in [0.15, 0.2) is 6.20 Å². The van der Waals surface area contributed by atoms with Crippen LogP contribution in [-0.2, 0) is 11.8 Å². The SMILES string of the molecule is Cc1nn(C)cc1NCC1CCCO1. The summed E-state index contributed by atoms with van der Waals surface area (Å²) in [6.07, 6.45) is 4.75. The standard InChI is InChI=1S/C10H17N3O/c1-8-10(7-13(2)12-8)11-6-9-4-3-5-14-9/h7,9,11H,3-6H2,1-2H3. The van der Waals surface area contributed by atoms with Gasteiger partial charge in [-0.2, -0.15) is 5.10 Å². The van der Waals surface area contributed by atoms with Crippen molar-refractivity contribution in [2.75, 3.05) is 18.5 Å². The number of nitrogens with one attached hydrogen (secondary N) is 1. The molecule has 14 heavy (non-hydrogen) atoms. The van der Waals surface area contributed by atoms with Gasteiger partial charge in [0.1, 0.15) is 0 Å². The Labute approximate surface area is 84.3 Å². The molecular formula is C10H17N3O. The van der Waals surface area contributed by atoms with E-state index in [9.17, 15) is 0 Å². The van der Waals surface area contributed by atoms with E-state index < -0.39 is 0 Å². The second-order valence-corrected chi connectivity index (χ2v) is 3.82. The molecule has 0 radical (unpaired) electrons. The summed E-state index contributed by atoms with van der Waals surface area (Å²) in [5.74, 6) is 0. The van der Waals surface area contributed by atoms with Gasteiger partial charge in [-0.3, -0.25) is 4.68 Å². The van der Waals surface area contributed by atoms with Gasteiger partial charge in [0.2, 0.25) is 0 Å². The predicted molar refractivity (Wildman–Crippen MR) is 55.4 cm³/mol. The third kappa shape index (κ3) is 2.07. The molecule has 1 fully saturated rings. The second-order valence-electron chi connectivity index (χ2n) is 3.82. The molecule has 1 aliphatic heterocycles. The highest BCUT2D eigenvalue weighted by Gasteiger charge is 2.15. The molecule has 0 saturated carbocycles. The van der Waals surface area contributed by atoms with Gasteiger partial charge in [-0.15, -0.1) is 0 Å². The monoisotopic (exact) mass is 195 g/mol. The molecule has 1 aliphatic rings. The maximum Gasteiger partial charge on any atom is 0.0824 e. The number of ether oxygens (including phenoxy) is 1. The Morgan fingerprint density at radius 3 is 3.14 bits per heavy atom. The van der Waals surface area contributed by atoms with Crippen LogP contribution in [0, 0.1) is 6.92 Å². The number of rotatable bonds is 3. The Morgan fingerprint density at radius 1 is 1.71 bits per heavy atom. The van der Waals surface area contributed by atoms with E-state index in [1.54, 1.807) is 0 Å². The van der Waals surface area contributed by atoms with Gasteiger partial charge in [-0.05, 0) is 19.8 Å². The van der Waals surface area contributed by atoms with Gasteiger partial charge in [-0.25, -0.2) is 0 Å². The van der Waals surface area contributed by atoms with E-state index in [0.717, 1.165) is 24.5 Å². The van der Waals surface area contributed by atoms with Crippen molar-refractivity contribution in [2.24, 2.45) is 7.05 Å². The van der Waals surface area contributed by atoms with E-state index in [-0.39, 0.29) is 0 Å². The summed E-state index contributed by atoms with van der Waals surface area (Å²) >= 11 is 0. The molecule has 0 spiro atoms. The smallest absolute Gasteiger partial charge is 0.0824 e. The molecule has 4 nitrogen and oxygen atoms in total. The Morgan fingerprint density at radius 2 is 2.57 bits per heavy atom. The van der Waals surface area contributed by atoms with Crippen molar-refractivity contribution in [3.05, 3.63) is 11.9 Å². The molecule has 1 aromatic rings. The lowest BCUT2D eigenvalue weighted by molar-refractivity contribution is 0.120. The van der Waals surface area contributed by atoms with Crippen molar-refractivity contribution in [3.63, 3.8) is 0 Å². The molecule has 1 N–H and O–H groups in total. The lowest BCUT2D eigenvalue weighted by Gasteiger charge is -2.10. The van der Waals surface area contributed by atoms with Crippen LogP contribution in [0.2, 0.25) is 0 Å². The quantitative estimate of drug-likeness (QED) is 0.790. The Kier molecular flexibility index (Phi) is 2.72. The summed E-state index contributed by atoms with van der Waals surface area (Å²) in [5.41, 5.74) is 2.16.